The van der Waals surface area contributed by atoms with E-state index in [1.165, 1.54) is 0 Å². The first-order chi connectivity index (χ1) is 9.37. The summed E-state index contributed by atoms with van der Waals surface area (Å²) in [6.07, 6.45) is 2.29. The fourth-order valence-electron chi connectivity index (χ4n) is 2.49. The number of carbonyl (C=O) groups excluding carboxylic acids is 1. The molecule has 0 radical (unpaired) electrons. The Kier molecular flexibility index (Phi) is 6.92. The SMILES string of the molecule is CCCC(CN)N1CCN(C(=O)COC(C)(C)C)CC1. The van der Waals surface area contributed by atoms with Gasteiger partial charge in [-0.3, -0.25) is 9.69 Å². The van der Waals surface area contributed by atoms with Crippen LogP contribution in [0, 0.1) is 0 Å². The van der Waals surface area contributed by atoms with Crippen LogP contribution in [0.4, 0.5) is 0 Å². The molecule has 0 spiro atoms. The van der Waals surface area contributed by atoms with Crippen LogP contribution >= 0.6 is 0 Å². The van der Waals surface area contributed by atoms with E-state index in [2.05, 4.69) is 11.8 Å². The molecule has 1 saturated heterocycles. The van der Waals surface area contributed by atoms with Gasteiger partial charge in [-0.2, -0.15) is 0 Å². The molecule has 118 valence electrons. The van der Waals surface area contributed by atoms with E-state index < -0.39 is 0 Å². The summed E-state index contributed by atoms with van der Waals surface area (Å²) in [7, 11) is 0. The lowest BCUT2D eigenvalue weighted by Gasteiger charge is -2.39. The fourth-order valence-corrected chi connectivity index (χ4v) is 2.49. The number of hydrogen-bond acceptors (Lipinski definition) is 4. The van der Waals surface area contributed by atoms with Crippen LogP contribution in [-0.2, 0) is 9.53 Å². The number of piperazine rings is 1. The van der Waals surface area contributed by atoms with Gasteiger partial charge in [0.2, 0.25) is 5.91 Å². The highest BCUT2D eigenvalue weighted by atomic mass is 16.5. The van der Waals surface area contributed by atoms with Crippen molar-refractivity contribution in [2.75, 3.05) is 39.3 Å². The predicted octanol–water partition coefficient (Wildman–Crippen LogP) is 1.07. The normalized spacial score (nSPS) is 19.1. The minimum absolute atomic E-state index is 0.0966. The van der Waals surface area contributed by atoms with Gasteiger partial charge in [0.05, 0.1) is 5.60 Å². The van der Waals surface area contributed by atoms with Crippen LogP contribution in [0.1, 0.15) is 40.5 Å². The van der Waals surface area contributed by atoms with E-state index in [4.69, 9.17) is 10.5 Å². The van der Waals surface area contributed by atoms with Crippen molar-refractivity contribution < 1.29 is 9.53 Å². The molecule has 0 aromatic rings. The average molecular weight is 285 g/mol. The van der Waals surface area contributed by atoms with Crippen molar-refractivity contribution in [3.8, 4) is 0 Å². The average Bonchev–Trinajstić information content (AvgIpc) is 2.41. The van der Waals surface area contributed by atoms with Crippen molar-refractivity contribution in [1.82, 2.24) is 9.80 Å². The maximum absolute atomic E-state index is 12.1. The third-order valence-electron chi connectivity index (χ3n) is 3.71. The summed E-state index contributed by atoms with van der Waals surface area (Å²) in [4.78, 5) is 16.4. The predicted molar refractivity (Wildman–Crippen MR) is 81.6 cm³/mol. The molecule has 0 saturated carbocycles. The monoisotopic (exact) mass is 285 g/mol. The Morgan fingerprint density at radius 2 is 1.85 bits per heavy atom. The number of amides is 1. The first kappa shape index (κ1) is 17.4. The molecule has 0 aromatic carbocycles. The van der Waals surface area contributed by atoms with Gasteiger partial charge in [0.25, 0.3) is 0 Å². The second kappa shape index (κ2) is 7.96. The van der Waals surface area contributed by atoms with Crippen LogP contribution in [0.3, 0.4) is 0 Å². The molecule has 1 unspecified atom stereocenters. The minimum Gasteiger partial charge on any atom is -0.366 e. The van der Waals surface area contributed by atoms with Gasteiger partial charge in [0.15, 0.2) is 0 Å². The topological polar surface area (TPSA) is 58.8 Å². The van der Waals surface area contributed by atoms with Gasteiger partial charge >= 0.3 is 0 Å². The Morgan fingerprint density at radius 3 is 2.30 bits per heavy atom. The van der Waals surface area contributed by atoms with Crippen LogP contribution in [0.2, 0.25) is 0 Å². The molecule has 1 aliphatic heterocycles. The van der Waals surface area contributed by atoms with E-state index in [0.29, 0.717) is 12.6 Å². The van der Waals surface area contributed by atoms with E-state index in [0.717, 1.165) is 39.0 Å². The van der Waals surface area contributed by atoms with Gasteiger partial charge in [0.1, 0.15) is 6.61 Å². The van der Waals surface area contributed by atoms with E-state index >= 15 is 0 Å². The summed E-state index contributed by atoms with van der Waals surface area (Å²) in [6, 6.07) is 0.461. The van der Waals surface area contributed by atoms with Crippen molar-refractivity contribution in [3.63, 3.8) is 0 Å². The van der Waals surface area contributed by atoms with Gasteiger partial charge in [-0.1, -0.05) is 13.3 Å². The second-order valence-corrected chi connectivity index (χ2v) is 6.50. The van der Waals surface area contributed by atoms with E-state index in [-0.39, 0.29) is 18.1 Å². The number of hydrogen-bond donors (Lipinski definition) is 1. The van der Waals surface area contributed by atoms with Crippen LogP contribution in [-0.4, -0.2) is 66.7 Å². The lowest BCUT2D eigenvalue weighted by molar-refractivity contribution is -0.143. The van der Waals surface area contributed by atoms with Crippen molar-refractivity contribution >= 4 is 5.91 Å². The largest absolute Gasteiger partial charge is 0.366 e. The Hall–Kier alpha value is -0.650. The molecule has 0 aromatic heterocycles. The van der Waals surface area contributed by atoms with Crippen LogP contribution in [0.25, 0.3) is 0 Å². The number of ether oxygens (including phenoxy) is 1. The summed E-state index contributed by atoms with van der Waals surface area (Å²) in [5, 5.41) is 0. The lowest BCUT2D eigenvalue weighted by Crippen LogP contribution is -2.54. The van der Waals surface area contributed by atoms with Gasteiger partial charge < -0.3 is 15.4 Å². The van der Waals surface area contributed by atoms with Crippen molar-refractivity contribution in [1.29, 1.82) is 0 Å². The van der Waals surface area contributed by atoms with E-state index in [9.17, 15) is 4.79 Å². The number of nitrogens with two attached hydrogens (primary N) is 1. The maximum Gasteiger partial charge on any atom is 0.248 e. The third-order valence-corrected chi connectivity index (χ3v) is 3.71. The maximum atomic E-state index is 12.1. The molecule has 1 amide bonds. The summed E-state index contributed by atoms with van der Waals surface area (Å²) >= 11 is 0. The lowest BCUT2D eigenvalue weighted by atomic mass is 10.1. The van der Waals surface area contributed by atoms with Crippen LogP contribution in [0.15, 0.2) is 0 Å². The molecular weight excluding hydrogens is 254 g/mol. The highest BCUT2D eigenvalue weighted by Gasteiger charge is 2.25. The van der Waals surface area contributed by atoms with E-state index in [1.54, 1.807) is 0 Å². The summed E-state index contributed by atoms with van der Waals surface area (Å²) < 4.78 is 5.55. The van der Waals surface area contributed by atoms with Gasteiger partial charge in [-0.05, 0) is 27.2 Å². The smallest absolute Gasteiger partial charge is 0.248 e. The minimum atomic E-state index is -0.261. The summed E-state index contributed by atoms with van der Waals surface area (Å²) in [6.45, 7) is 12.4. The zero-order valence-electron chi connectivity index (χ0n) is 13.5. The Balaban J connectivity index is 2.36. The molecular formula is C15H31N3O2. The Labute approximate surface area is 123 Å². The highest BCUT2D eigenvalue weighted by Crippen LogP contribution is 2.12. The first-order valence-corrected chi connectivity index (χ1v) is 7.73. The molecule has 1 aliphatic rings. The first-order valence-electron chi connectivity index (χ1n) is 7.73. The van der Waals surface area contributed by atoms with Crippen molar-refractivity contribution in [3.05, 3.63) is 0 Å². The van der Waals surface area contributed by atoms with Gasteiger partial charge in [-0.25, -0.2) is 0 Å². The van der Waals surface area contributed by atoms with E-state index in [1.807, 2.05) is 25.7 Å². The molecule has 5 nitrogen and oxygen atoms in total. The fraction of sp³-hybridized carbons (Fsp3) is 0.933. The summed E-state index contributed by atoms with van der Waals surface area (Å²) in [5.41, 5.74) is 5.58. The molecule has 2 N–H and O–H groups in total. The molecule has 20 heavy (non-hydrogen) atoms. The second-order valence-electron chi connectivity index (χ2n) is 6.50. The zero-order valence-corrected chi connectivity index (χ0v) is 13.5. The molecule has 1 heterocycles. The molecule has 0 bridgehead atoms. The molecule has 1 rings (SSSR count). The van der Waals surface area contributed by atoms with Crippen molar-refractivity contribution in [2.45, 2.75) is 52.2 Å². The molecule has 0 aliphatic carbocycles. The highest BCUT2D eigenvalue weighted by molar-refractivity contribution is 5.77. The Bertz CT molecular complexity index is 294. The number of rotatable bonds is 6. The van der Waals surface area contributed by atoms with Crippen molar-refractivity contribution in [2.24, 2.45) is 5.73 Å². The standard InChI is InChI=1S/C15H31N3O2/c1-5-6-13(11-16)17-7-9-18(10-8-17)14(19)12-20-15(2,3)4/h13H,5-12,16H2,1-4H3. The van der Waals surface area contributed by atoms with Crippen LogP contribution < -0.4 is 5.73 Å². The summed E-state index contributed by atoms with van der Waals surface area (Å²) in [5.74, 6) is 0.0966. The quantitative estimate of drug-likeness (QED) is 0.793. The zero-order chi connectivity index (χ0) is 15.2. The van der Waals surface area contributed by atoms with Gasteiger partial charge in [-0.15, -0.1) is 0 Å². The molecule has 5 heteroatoms. The Morgan fingerprint density at radius 1 is 1.25 bits per heavy atom. The molecule has 1 atom stereocenters. The number of nitrogens with zero attached hydrogens (tertiary/aromatic N) is 2. The number of carbonyl (C=O) groups is 1. The van der Waals surface area contributed by atoms with Crippen LogP contribution in [0.5, 0.6) is 0 Å². The molecule has 1 fully saturated rings. The third kappa shape index (κ3) is 5.77. The van der Waals surface area contributed by atoms with Gasteiger partial charge in [0, 0.05) is 38.8 Å².